The highest BCUT2D eigenvalue weighted by molar-refractivity contribution is 5.91. The van der Waals surface area contributed by atoms with E-state index in [0.717, 1.165) is 19.5 Å². The minimum Gasteiger partial charge on any atom is -0.494 e. The summed E-state index contributed by atoms with van der Waals surface area (Å²) in [6.45, 7) is 5.12. The Morgan fingerprint density at radius 1 is 1.46 bits per heavy atom. The molecule has 0 unspecified atom stereocenters. The number of ether oxygens (including phenoxy) is 1. The van der Waals surface area contributed by atoms with Crippen molar-refractivity contribution in [1.29, 1.82) is 0 Å². The molecule has 1 saturated heterocycles. The highest BCUT2D eigenvalue weighted by atomic mass is 19.1. The zero-order valence-electron chi connectivity index (χ0n) is 14.6. The fourth-order valence-electron chi connectivity index (χ4n) is 3.00. The number of amides is 1. The SMILES string of the molecule is COc1ccc(/C=C/C(=O)NCCCN2CCCC[C@H]2C)cc1F. The van der Waals surface area contributed by atoms with Gasteiger partial charge in [-0.3, -0.25) is 4.79 Å². The third kappa shape index (κ3) is 5.64. The van der Waals surface area contributed by atoms with Crippen molar-refractivity contribution in [1.82, 2.24) is 10.2 Å². The summed E-state index contributed by atoms with van der Waals surface area (Å²) in [6, 6.07) is 5.26. The largest absolute Gasteiger partial charge is 0.494 e. The van der Waals surface area contributed by atoms with Crippen LogP contribution in [0, 0.1) is 5.82 Å². The van der Waals surface area contributed by atoms with Gasteiger partial charge in [0.1, 0.15) is 0 Å². The molecule has 132 valence electrons. The van der Waals surface area contributed by atoms with Crippen LogP contribution in [0.5, 0.6) is 5.75 Å². The number of methoxy groups -OCH3 is 1. The summed E-state index contributed by atoms with van der Waals surface area (Å²) in [4.78, 5) is 14.3. The lowest BCUT2D eigenvalue weighted by molar-refractivity contribution is -0.116. The van der Waals surface area contributed by atoms with E-state index in [4.69, 9.17) is 4.74 Å². The van der Waals surface area contributed by atoms with Gasteiger partial charge in [-0.05, 0) is 56.5 Å². The van der Waals surface area contributed by atoms with Gasteiger partial charge in [-0.25, -0.2) is 4.39 Å². The van der Waals surface area contributed by atoms with E-state index in [0.29, 0.717) is 18.2 Å². The van der Waals surface area contributed by atoms with Crippen LogP contribution in [-0.2, 0) is 4.79 Å². The number of carbonyl (C=O) groups excluding carboxylic acids is 1. The maximum absolute atomic E-state index is 13.6. The second-order valence-corrected chi connectivity index (χ2v) is 6.25. The number of benzene rings is 1. The standard InChI is InChI=1S/C19H27FN2O2/c1-15-6-3-4-12-22(15)13-5-11-21-19(23)10-8-16-7-9-18(24-2)17(20)14-16/h7-10,14-15H,3-6,11-13H2,1-2H3,(H,21,23)/b10-8+/t15-/m1/s1. The van der Waals surface area contributed by atoms with E-state index in [9.17, 15) is 9.18 Å². The molecule has 1 heterocycles. The molecule has 0 saturated carbocycles. The van der Waals surface area contributed by atoms with Crippen LogP contribution in [0.3, 0.4) is 0 Å². The van der Waals surface area contributed by atoms with Crippen molar-refractivity contribution in [2.24, 2.45) is 0 Å². The highest BCUT2D eigenvalue weighted by Crippen LogP contribution is 2.18. The van der Waals surface area contributed by atoms with Gasteiger partial charge in [0.2, 0.25) is 5.91 Å². The van der Waals surface area contributed by atoms with Crippen molar-refractivity contribution < 1.29 is 13.9 Å². The van der Waals surface area contributed by atoms with E-state index in [2.05, 4.69) is 17.1 Å². The van der Waals surface area contributed by atoms with Gasteiger partial charge in [-0.15, -0.1) is 0 Å². The van der Waals surface area contributed by atoms with Crippen molar-refractivity contribution in [2.45, 2.75) is 38.6 Å². The number of carbonyl (C=O) groups is 1. The number of nitrogens with one attached hydrogen (secondary N) is 1. The summed E-state index contributed by atoms with van der Waals surface area (Å²) < 4.78 is 18.4. The Morgan fingerprint density at radius 3 is 3.00 bits per heavy atom. The van der Waals surface area contributed by atoms with Crippen LogP contribution in [0.15, 0.2) is 24.3 Å². The zero-order valence-corrected chi connectivity index (χ0v) is 14.6. The van der Waals surface area contributed by atoms with E-state index in [1.165, 1.54) is 38.5 Å². The Labute approximate surface area is 143 Å². The molecule has 1 fully saturated rings. The minimum atomic E-state index is -0.435. The summed E-state index contributed by atoms with van der Waals surface area (Å²) in [6.07, 6.45) is 7.85. The maximum Gasteiger partial charge on any atom is 0.243 e. The van der Waals surface area contributed by atoms with Gasteiger partial charge in [-0.1, -0.05) is 12.5 Å². The van der Waals surface area contributed by atoms with E-state index < -0.39 is 5.82 Å². The molecular weight excluding hydrogens is 307 g/mol. The number of rotatable bonds is 7. The Kier molecular flexibility index (Phi) is 7.25. The van der Waals surface area contributed by atoms with Crippen LogP contribution in [0.4, 0.5) is 4.39 Å². The monoisotopic (exact) mass is 334 g/mol. The Bertz CT molecular complexity index is 574. The van der Waals surface area contributed by atoms with E-state index >= 15 is 0 Å². The summed E-state index contributed by atoms with van der Waals surface area (Å²) in [5.41, 5.74) is 0.630. The molecule has 2 rings (SSSR count). The van der Waals surface area contributed by atoms with E-state index in [-0.39, 0.29) is 11.7 Å². The summed E-state index contributed by atoms with van der Waals surface area (Å²) in [5, 5.41) is 2.87. The molecule has 0 bridgehead atoms. The van der Waals surface area contributed by atoms with Gasteiger partial charge in [-0.2, -0.15) is 0 Å². The predicted octanol–water partition coefficient (Wildman–Crippen LogP) is 3.23. The van der Waals surface area contributed by atoms with Gasteiger partial charge in [0, 0.05) is 25.2 Å². The van der Waals surface area contributed by atoms with E-state index in [1.54, 1.807) is 18.2 Å². The van der Waals surface area contributed by atoms with Crippen LogP contribution in [0.1, 0.15) is 38.2 Å². The number of halogens is 1. The molecule has 5 heteroatoms. The second-order valence-electron chi connectivity index (χ2n) is 6.25. The first kappa shape index (κ1) is 18.5. The van der Waals surface area contributed by atoms with Gasteiger partial charge in [0.25, 0.3) is 0 Å². The number of nitrogens with zero attached hydrogens (tertiary/aromatic N) is 1. The lowest BCUT2D eigenvalue weighted by Crippen LogP contribution is -2.39. The molecule has 1 aromatic carbocycles. The number of piperidine rings is 1. The topological polar surface area (TPSA) is 41.6 Å². The van der Waals surface area contributed by atoms with Crippen LogP contribution in [0.2, 0.25) is 0 Å². The average Bonchev–Trinajstić information content (AvgIpc) is 2.58. The lowest BCUT2D eigenvalue weighted by Gasteiger charge is -2.33. The van der Waals surface area contributed by atoms with Gasteiger partial charge in [0.05, 0.1) is 7.11 Å². The Morgan fingerprint density at radius 2 is 2.29 bits per heavy atom. The fourth-order valence-corrected chi connectivity index (χ4v) is 3.00. The fraction of sp³-hybridized carbons (Fsp3) is 0.526. The molecule has 1 aromatic rings. The molecule has 24 heavy (non-hydrogen) atoms. The summed E-state index contributed by atoms with van der Waals surface area (Å²) in [5.74, 6) is -0.392. The number of hydrogen-bond donors (Lipinski definition) is 1. The molecular formula is C19H27FN2O2. The first-order chi connectivity index (χ1) is 11.6. The molecule has 4 nitrogen and oxygen atoms in total. The maximum atomic E-state index is 13.6. The lowest BCUT2D eigenvalue weighted by atomic mass is 10.0. The van der Waals surface area contributed by atoms with Gasteiger partial charge < -0.3 is 15.0 Å². The molecule has 1 N–H and O–H groups in total. The first-order valence-corrected chi connectivity index (χ1v) is 8.63. The molecule has 0 aliphatic carbocycles. The quantitative estimate of drug-likeness (QED) is 0.615. The minimum absolute atomic E-state index is 0.155. The zero-order chi connectivity index (χ0) is 17.4. The molecule has 1 aliphatic heterocycles. The van der Waals surface area contributed by atoms with Gasteiger partial charge in [0.15, 0.2) is 11.6 Å². The second kappa shape index (κ2) is 9.42. The third-order valence-electron chi connectivity index (χ3n) is 4.46. The van der Waals surface area contributed by atoms with Crippen molar-refractivity contribution >= 4 is 12.0 Å². The summed E-state index contributed by atoms with van der Waals surface area (Å²) in [7, 11) is 1.42. The molecule has 0 aromatic heterocycles. The van der Waals surface area contributed by atoms with Crippen molar-refractivity contribution in [3.8, 4) is 5.75 Å². The van der Waals surface area contributed by atoms with E-state index in [1.807, 2.05) is 0 Å². The van der Waals surface area contributed by atoms with Gasteiger partial charge >= 0.3 is 0 Å². The molecule has 1 aliphatic rings. The first-order valence-electron chi connectivity index (χ1n) is 8.63. The molecule has 0 spiro atoms. The smallest absolute Gasteiger partial charge is 0.243 e. The average molecular weight is 334 g/mol. The summed E-state index contributed by atoms with van der Waals surface area (Å²) >= 11 is 0. The molecule has 0 radical (unpaired) electrons. The van der Waals surface area contributed by atoms with Crippen molar-refractivity contribution in [3.63, 3.8) is 0 Å². The normalized spacial score (nSPS) is 18.7. The van der Waals surface area contributed by atoms with Crippen LogP contribution >= 0.6 is 0 Å². The van der Waals surface area contributed by atoms with Crippen molar-refractivity contribution in [3.05, 3.63) is 35.7 Å². The predicted molar refractivity (Wildman–Crippen MR) is 94.5 cm³/mol. The van der Waals surface area contributed by atoms with Crippen LogP contribution in [0.25, 0.3) is 6.08 Å². The highest BCUT2D eigenvalue weighted by Gasteiger charge is 2.17. The Balaban J connectivity index is 1.70. The van der Waals surface area contributed by atoms with Crippen molar-refractivity contribution in [2.75, 3.05) is 26.7 Å². The molecule has 1 amide bonds. The van der Waals surface area contributed by atoms with Crippen LogP contribution < -0.4 is 10.1 Å². The third-order valence-corrected chi connectivity index (χ3v) is 4.46. The number of hydrogen-bond acceptors (Lipinski definition) is 3. The van der Waals surface area contributed by atoms with Crippen LogP contribution in [-0.4, -0.2) is 43.6 Å². The Hall–Kier alpha value is -1.88. The molecule has 1 atom stereocenters. The number of likely N-dealkylation sites (tertiary alicyclic amines) is 1.